The highest BCUT2D eigenvalue weighted by atomic mass is 35.5. The first-order chi connectivity index (χ1) is 15.3. The van der Waals surface area contributed by atoms with Crippen LogP contribution in [0.3, 0.4) is 0 Å². The van der Waals surface area contributed by atoms with Crippen molar-refractivity contribution in [3.05, 3.63) is 52.7 Å². The average molecular weight is 456 g/mol. The predicted octanol–water partition coefficient (Wildman–Crippen LogP) is 3.34. The van der Waals surface area contributed by atoms with Gasteiger partial charge in [-0.2, -0.15) is 5.10 Å². The summed E-state index contributed by atoms with van der Waals surface area (Å²) in [5.41, 5.74) is 6.83. The standard InChI is InChI=1S/C22H26ClN7O2/c1-12(2)25-19(31)11-32-18-8-5-14(9-13(18)3)21-27-22(30(4)29-21)26-17-7-6-16-15(20(17)23)10-24-28-16/h5-10,12,21,29H,11H2,1-4H3,(H,24,28)(H,25,31)(H,26,27). The third-order valence-electron chi connectivity index (χ3n) is 5.01. The lowest BCUT2D eigenvalue weighted by molar-refractivity contribution is -0.123. The van der Waals surface area contributed by atoms with E-state index < -0.39 is 0 Å². The summed E-state index contributed by atoms with van der Waals surface area (Å²) in [6.07, 6.45) is 1.43. The van der Waals surface area contributed by atoms with E-state index in [9.17, 15) is 4.79 Å². The van der Waals surface area contributed by atoms with Crippen LogP contribution < -0.4 is 20.8 Å². The number of fused-ring (bicyclic) bond motifs is 1. The maximum absolute atomic E-state index is 11.8. The lowest BCUT2D eigenvalue weighted by atomic mass is 10.1. The maximum Gasteiger partial charge on any atom is 0.258 e. The highest BCUT2D eigenvalue weighted by Gasteiger charge is 2.24. The van der Waals surface area contributed by atoms with E-state index in [1.807, 2.05) is 63.2 Å². The molecular formula is C22H26ClN7O2. The molecule has 2 heterocycles. The quantitative estimate of drug-likeness (QED) is 0.454. The zero-order valence-corrected chi connectivity index (χ0v) is 19.1. The normalized spacial score (nSPS) is 15.9. The molecule has 0 aliphatic carbocycles. The SMILES string of the molecule is Cc1cc(C2N=C(Nc3ccc4[nH]ncc4c3Cl)N(C)N2)ccc1OCC(=O)NC(C)C. The Hall–Kier alpha value is -3.30. The van der Waals surface area contributed by atoms with Gasteiger partial charge in [0.1, 0.15) is 11.9 Å². The number of nitrogens with one attached hydrogen (secondary N) is 4. The van der Waals surface area contributed by atoms with Crippen molar-refractivity contribution in [2.45, 2.75) is 33.0 Å². The number of H-pyrrole nitrogens is 1. The molecular weight excluding hydrogens is 430 g/mol. The molecule has 10 heteroatoms. The molecule has 1 aliphatic rings. The molecule has 0 saturated carbocycles. The predicted molar refractivity (Wildman–Crippen MR) is 126 cm³/mol. The number of benzene rings is 2. The molecule has 2 aromatic carbocycles. The molecule has 0 bridgehead atoms. The Morgan fingerprint density at radius 2 is 2.12 bits per heavy atom. The van der Waals surface area contributed by atoms with E-state index >= 15 is 0 Å². The number of nitrogens with zero attached hydrogens (tertiary/aromatic N) is 3. The van der Waals surface area contributed by atoms with Crippen LogP contribution >= 0.6 is 11.6 Å². The van der Waals surface area contributed by atoms with Gasteiger partial charge in [-0.3, -0.25) is 14.9 Å². The number of carbonyl (C=O) groups is 1. The highest BCUT2D eigenvalue weighted by molar-refractivity contribution is 6.38. The van der Waals surface area contributed by atoms with Crippen molar-refractivity contribution in [2.24, 2.45) is 4.99 Å². The summed E-state index contributed by atoms with van der Waals surface area (Å²) in [7, 11) is 1.88. The zero-order chi connectivity index (χ0) is 22.8. The highest BCUT2D eigenvalue weighted by Crippen LogP contribution is 2.31. The van der Waals surface area contributed by atoms with Crippen LogP contribution in [0.1, 0.15) is 31.1 Å². The van der Waals surface area contributed by atoms with Crippen molar-refractivity contribution in [3.8, 4) is 5.75 Å². The topological polar surface area (TPSA) is 107 Å². The van der Waals surface area contributed by atoms with Crippen LogP contribution in [-0.2, 0) is 4.79 Å². The van der Waals surface area contributed by atoms with Gasteiger partial charge in [0.05, 0.1) is 22.4 Å². The lowest BCUT2D eigenvalue weighted by Gasteiger charge is -2.18. The summed E-state index contributed by atoms with van der Waals surface area (Å²) in [6, 6.07) is 9.68. The molecule has 0 fully saturated rings. The van der Waals surface area contributed by atoms with Crippen LogP contribution in [0, 0.1) is 6.92 Å². The second kappa shape index (κ2) is 9.05. The monoisotopic (exact) mass is 455 g/mol. The number of hydrogen-bond donors (Lipinski definition) is 4. The third kappa shape index (κ3) is 4.63. The van der Waals surface area contributed by atoms with Crippen molar-refractivity contribution in [1.82, 2.24) is 25.9 Å². The second-order valence-corrected chi connectivity index (χ2v) is 8.34. The van der Waals surface area contributed by atoms with Gasteiger partial charge in [-0.25, -0.2) is 10.4 Å². The van der Waals surface area contributed by atoms with Gasteiger partial charge in [0.25, 0.3) is 5.91 Å². The fourth-order valence-electron chi connectivity index (χ4n) is 3.46. The van der Waals surface area contributed by atoms with Crippen LogP contribution in [-0.4, -0.2) is 46.8 Å². The lowest BCUT2D eigenvalue weighted by Crippen LogP contribution is -2.37. The van der Waals surface area contributed by atoms with Crippen LogP contribution in [0.25, 0.3) is 10.9 Å². The van der Waals surface area contributed by atoms with Gasteiger partial charge in [0.2, 0.25) is 5.96 Å². The van der Waals surface area contributed by atoms with Gasteiger partial charge in [-0.05, 0) is 56.2 Å². The van der Waals surface area contributed by atoms with E-state index in [1.54, 1.807) is 6.20 Å². The Morgan fingerprint density at radius 1 is 1.31 bits per heavy atom. The molecule has 1 aliphatic heterocycles. The largest absolute Gasteiger partial charge is 0.484 e. The summed E-state index contributed by atoms with van der Waals surface area (Å²) in [4.78, 5) is 16.6. The zero-order valence-electron chi connectivity index (χ0n) is 18.4. The number of aromatic amines is 1. The van der Waals surface area contributed by atoms with Gasteiger partial charge in [-0.1, -0.05) is 17.7 Å². The second-order valence-electron chi connectivity index (χ2n) is 7.96. The van der Waals surface area contributed by atoms with E-state index in [2.05, 4.69) is 26.3 Å². The minimum absolute atomic E-state index is 0.0171. The number of aromatic nitrogens is 2. The van der Waals surface area contributed by atoms with Crippen molar-refractivity contribution in [3.63, 3.8) is 0 Å². The number of hydrazine groups is 1. The van der Waals surface area contributed by atoms with E-state index in [0.29, 0.717) is 16.7 Å². The number of rotatable bonds is 6. The fraction of sp³-hybridized carbons (Fsp3) is 0.318. The summed E-state index contributed by atoms with van der Waals surface area (Å²) in [5, 5.41) is 16.3. The molecule has 3 aromatic rings. The number of carbonyl (C=O) groups excluding carboxylic acids is 1. The molecule has 0 saturated heterocycles. The Bertz CT molecular complexity index is 1170. The van der Waals surface area contributed by atoms with Crippen LogP contribution in [0.5, 0.6) is 5.75 Å². The Balaban J connectivity index is 1.46. The Labute approximate surface area is 191 Å². The van der Waals surface area contributed by atoms with Crippen LogP contribution in [0.4, 0.5) is 5.69 Å². The van der Waals surface area contributed by atoms with Gasteiger partial charge in [0.15, 0.2) is 6.61 Å². The number of guanidine groups is 1. The first-order valence-electron chi connectivity index (χ1n) is 10.3. The molecule has 4 rings (SSSR count). The molecule has 1 aromatic heterocycles. The molecule has 168 valence electrons. The molecule has 0 spiro atoms. The average Bonchev–Trinajstić information content (AvgIpc) is 3.36. The molecule has 9 nitrogen and oxygen atoms in total. The van der Waals surface area contributed by atoms with Crippen LogP contribution in [0.15, 0.2) is 41.5 Å². The van der Waals surface area contributed by atoms with E-state index in [0.717, 1.165) is 27.7 Å². The minimum Gasteiger partial charge on any atom is -0.484 e. The first kappa shape index (κ1) is 21.9. The fourth-order valence-corrected chi connectivity index (χ4v) is 3.72. The number of amides is 1. The van der Waals surface area contributed by atoms with E-state index in [1.165, 1.54) is 0 Å². The molecule has 32 heavy (non-hydrogen) atoms. The number of hydrogen-bond acceptors (Lipinski definition) is 7. The van der Waals surface area contributed by atoms with Crippen molar-refractivity contribution >= 4 is 40.1 Å². The molecule has 1 amide bonds. The van der Waals surface area contributed by atoms with Crippen molar-refractivity contribution < 1.29 is 9.53 Å². The van der Waals surface area contributed by atoms with E-state index in [-0.39, 0.29) is 24.7 Å². The Morgan fingerprint density at radius 3 is 2.88 bits per heavy atom. The van der Waals surface area contributed by atoms with Crippen LogP contribution in [0.2, 0.25) is 5.02 Å². The Kier molecular flexibility index (Phi) is 6.20. The maximum atomic E-state index is 11.8. The number of aryl methyl sites for hydroxylation is 1. The molecule has 1 unspecified atom stereocenters. The molecule has 1 atom stereocenters. The van der Waals surface area contributed by atoms with Gasteiger partial charge in [0, 0.05) is 18.5 Å². The number of ether oxygens (including phenoxy) is 1. The van der Waals surface area contributed by atoms with Gasteiger partial charge in [-0.15, -0.1) is 0 Å². The van der Waals surface area contributed by atoms with E-state index in [4.69, 9.17) is 21.3 Å². The number of aliphatic imine (C=N–C) groups is 1. The smallest absolute Gasteiger partial charge is 0.258 e. The van der Waals surface area contributed by atoms with Gasteiger partial charge >= 0.3 is 0 Å². The van der Waals surface area contributed by atoms with Gasteiger partial charge < -0.3 is 15.4 Å². The summed E-state index contributed by atoms with van der Waals surface area (Å²) >= 11 is 6.52. The summed E-state index contributed by atoms with van der Waals surface area (Å²) < 4.78 is 5.67. The minimum atomic E-state index is -0.268. The number of anilines is 1. The molecule has 0 radical (unpaired) electrons. The third-order valence-corrected chi connectivity index (χ3v) is 5.42. The van der Waals surface area contributed by atoms with Crippen molar-refractivity contribution in [2.75, 3.05) is 19.0 Å². The molecule has 4 N–H and O–H groups in total. The summed E-state index contributed by atoms with van der Waals surface area (Å²) in [5.74, 6) is 1.17. The number of halogens is 1. The summed E-state index contributed by atoms with van der Waals surface area (Å²) in [6.45, 7) is 5.76. The van der Waals surface area contributed by atoms with Crippen molar-refractivity contribution in [1.29, 1.82) is 0 Å². The first-order valence-corrected chi connectivity index (χ1v) is 10.7.